The molecular weight excluding hydrogens is 428 g/mol. The van der Waals surface area contributed by atoms with Crippen molar-refractivity contribution in [1.29, 1.82) is 0 Å². The Morgan fingerprint density at radius 2 is 1.50 bits per heavy atom. The van der Waals surface area contributed by atoms with Gasteiger partial charge < -0.3 is 9.64 Å². The fourth-order valence-electron chi connectivity index (χ4n) is 5.57. The summed E-state index contributed by atoms with van der Waals surface area (Å²) in [7, 11) is 1.56. The molecule has 3 heterocycles. The Morgan fingerprint density at radius 3 is 2.24 bits per heavy atom. The van der Waals surface area contributed by atoms with Gasteiger partial charge in [0, 0.05) is 11.3 Å². The molecule has 0 bridgehead atoms. The summed E-state index contributed by atoms with van der Waals surface area (Å²) in [5.41, 5.74) is 2.86. The molecular formula is C28H22N2O4. The molecule has 0 aromatic heterocycles. The molecule has 3 aliphatic heterocycles. The van der Waals surface area contributed by atoms with Crippen LogP contribution in [0.5, 0.6) is 5.75 Å². The fraction of sp³-hybridized carbons (Fsp3) is 0.179. The van der Waals surface area contributed by atoms with Gasteiger partial charge in [-0.25, -0.2) is 4.90 Å². The van der Waals surface area contributed by atoms with Crippen LogP contribution in [0.2, 0.25) is 0 Å². The Labute approximate surface area is 197 Å². The average Bonchev–Trinajstić information content (AvgIpc) is 3.37. The molecule has 3 aromatic carbocycles. The third-order valence-electron chi connectivity index (χ3n) is 7.07. The topological polar surface area (TPSA) is 66.9 Å². The van der Waals surface area contributed by atoms with E-state index in [-0.39, 0.29) is 23.6 Å². The van der Waals surface area contributed by atoms with E-state index in [1.54, 1.807) is 43.5 Å². The van der Waals surface area contributed by atoms with Crippen LogP contribution in [0, 0.1) is 11.8 Å². The Hall–Kier alpha value is -4.19. The molecule has 0 saturated carbocycles. The van der Waals surface area contributed by atoms with Crippen molar-refractivity contribution >= 4 is 35.0 Å². The first-order valence-electron chi connectivity index (χ1n) is 11.3. The highest BCUT2D eigenvalue weighted by atomic mass is 16.5. The largest absolute Gasteiger partial charge is 0.497 e. The average molecular weight is 450 g/mol. The number of amides is 2. The summed E-state index contributed by atoms with van der Waals surface area (Å²) in [5.74, 6) is -1.55. The monoisotopic (exact) mass is 450 g/mol. The van der Waals surface area contributed by atoms with E-state index >= 15 is 0 Å². The zero-order chi connectivity index (χ0) is 23.4. The van der Waals surface area contributed by atoms with E-state index in [2.05, 4.69) is 0 Å². The van der Waals surface area contributed by atoms with Crippen molar-refractivity contribution in [2.45, 2.75) is 12.1 Å². The number of ketones is 1. The number of nitrogens with zero attached hydrogens (tertiary/aromatic N) is 2. The van der Waals surface area contributed by atoms with E-state index in [0.717, 1.165) is 11.3 Å². The van der Waals surface area contributed by atoms with E-state index in [4.69, 9.17) is 4.74 Å². The fourth-order valence-corrected chi connectivity index (χ4v) is 5.57. The zero-order valence-electron chi connectivity index (χ0n) is 18.5. The number of Topliss-reactive ketones (excluding diaryl/α,β-unsaturated/α-hetero) is 1. The minimum atomic E-state index is -0.775. The molecule has 2 amide bonds. The van der Waals surface area contributed by atoms with Crippen LogP contribution in [0.4, 0.5) is 11.4 Å². The van der Waals surface area contributed by atoms with Gasteiger partial charge in [-0.15, -0.1) is 0 Å². The normalized spacial score (nSPS) is 24.6. The van der Waals surface area contributed by atoms with E-state index < -0.39 is 17.9 Å². The van der Waals surface area contributed by atoms with Crippen molar-refractivity contribution in [3.05, 3.63) is 96.1 Å². The van der Waals surface area contributed by atoms with E-state index in [9.17, 15) is 14.4 Å². The van der Waals surface area contributed by atoms with Crippen LogP contribution in [0.1, 0.15) is 15.9 Å². The number of fused-ring (bicyclic) bond motifs is 5. The smallest absolute Gasteiger partial charge is 0.240 e. The van der Waals surface area contributed by atoms with Crippen LogP contribution >= 0.6 is 0 Å². The van der Waals surface area contributed by atoms with Gasteiger partial charge >= 0.3 is 0 Å². The number of rotatable bonds is 4. The van der Waals surface area contributed by atoms with Crippen molar-refractivity contribution in [3.8, 4) is 5.75 Å². The summed E-state index contributed by atoms with van der Waals surface area (Å²) < 4.78 is 5.21. The van der Waals surface area contributed by atoms with Crippen molar-refractivity contribution in [2.24, 2.45) is 11.8 Å². The molecule has 2 saturated heterocycles. The van der Waals surface area contributed by atoms with Crippen LogP contribution in [-0.4, -0.2) is 36.8 Å². The van der Waals surface area contributed by atoms with Crippen molar-refractivity contribution < 1.29 is 19.1 Å². The number of para-hydroxylation sites is 1. The summed E-state index contributed by atoms with van der Waals surface area (Å²) in [5, 5.41) is 0. The predicted octanol–water partition coefficient (Wildman–Crippen LogP) is 3.97. The molecule has 6 heteroatoms. The number of benzene rings is 3. The van der Waals surface area contributed by atoms with E-state index in [1.165, 1.54) is 4.90 Å². The highest BCUT2D eigenvalue weighted by Crippen LogP contribution is 2.49. The van der Waals surface area contributed by atoms with Gasteiger partial charge in [0.1, 0.15) is 11.8 Å². The zero-order valence-corrected chi connectivity index (χ0v) is 18.5. The number of carbonyl (C=O) groups excluding carboxylic acids is 3. The van der Waals surface area contributed by atoms with Gasteiger partial charge in [-0.1, -0.05) is 60.7 Å². The second-order valence-electron chi connectivity index (χ2n) is 8.75. The molecule has 3 aliphatic rings. The first-order chi connectivity index (χ1) is 16.6. The Morgan fingerprint density at radius 1 is 0.824 bits per heavy atom. The van der Waals surface area contributed by atoms with Gasteiger partial charge in [-0.3, -0.25) is 14.4 Å². The Balaban J connectivity index is 1.48. The SMILES string of the molecule is COc1ccc(N2C(=O)C3C(C2=O)C(C(=O)c2ccccc2)N2c4ccccc4C=CC32)cc1. The van der Waals surface area contributed by atoms with Crippen molar-refractivity contribution in [1.82, 2.24) is 0 Å². The van der Waals surface area contributed by atoms with Crippen LogP contribution in [-0.2, 0) is 9.59 Å². The molecule has 168 valence electrons. The second kappa shape index (κ2) is 7.70. The molecule has 4 unspecified atom stereocenters. The van der Waals surface area contributed by atoms with Crippen LogP contribution in [0.25, 0.3) is 6.08 Å². The number of carbonyl (C=O) groups is 3. The Bertz CT molecular complexity index is 1330. The van der Waals surface area contributed by atoms with E-state index in [1.807, 2.05) is 59.5 Å². The van der Waals surface area contributed by atoms with Crippen molar-refractivity contribution in [3.63, 3.8) is 0 Å². The first-order valence-corrected chi connectivity index (χ1v) is 11.3. The second-order valence-corrected chi connectivity index (χ2v) is 8.75. The molecule has 0 spiro atoms. The lowest BCUT2D eigenvalue weighted by Crippen LogP contribution is -2.48. The number of ether oxygens (including phenoxy) is 1. The van der Waals surface area contributed by atoms with Crippen LogP contribution < -0.4 is 14.5 Å². The number of hydrogen-bond donors (Lipinski definition) is 0. The molecule has 6 nitrogen and oxygen atoms in total. The lowest BCUT2D eigenvalue weighted by atomic mass is 9.86. The van der Waals surface area contributed by atoms with Gasteiger partial charge in [0.05, 0.1) is 30.7 Å². The maximum atomic E-state index is 13.9. The molecule has 0 aliphatic carbocycles. The highest BCUT2D eigenvalue weighted by Gasteiger charge is 2.64. The van der Waals surface area contributed by atoms with E-state index in [0.29, 0.717) is 17.0 Å². The van der Waals surface area contributed by atoms with Gasteiger partial charge in [0.25, 0.3) is 0 Å². The number of methoxy groups -OCH3 is 1. The minimum Gasteiger partial charge on any atom is -0.497 e. The molecule has 2 fully saturated rings. The highest BCUT2D eigenvalue weighted by molar-refractivity contribution is 6.25. The summed E-state index contributed by atoms with van der Waals surface area (Å²) in [4.78, 5) is 44.6. The number of hydrogen-bond acceptors (Lipinski definition) is 5. The minimum absolute atomic E-state index is 0.152. The van der Waals surface area contributed by atoms with Crippen molar-refractivity contribution in [2.75, 3.05) is 16.9 Å². The summed E-state index contributed by atoms with van der Waals surface area (Å²) in [6, 6.07) is 22.5. The third kappa shape index (κ3) is 2.85. The number of anilines is 2. The molecule has 6 rings (SSSR count). The first kappa shape index (κ1) is 20.4. The number of imide groups is 1. The molecule has 34 heavy (non-hydrogen) atoms. The third-order valence-corrected chi connectivity index (χ3v) is 7.07. The quantitative estimate of drug-likeness (QED) is 0.445. The predicted molar refractivity (Wildman–Crippen MR) is 129 cm³/mol. The van der Waals surface area contributed by atoms with Gasteiger partial charge in [-0.2, -0.15) is 0 Å². The standard InChI is InChI=1S/C28H22N2O4/c1-34-20-14-12-19(13-15-20)29-27(32)23-22-16-11-17-7-5-6-10-21(17)30(22)25(24(23)28(29)33)26(31)18-8-3-2-4-9-18/h2-16,22-25H,1H3. The molecule has 4 atom stereocenters. The van der Waals surface area contributed by atoms with Crippen LogP contribution in [0.15, 0.2) is 84.9 Å². The molecule has 0 N–H and O–H groups in total. The van der Waals surface area contributed by atoms with Gasteiger partial charge in [0.2, 0.25) is 11.8 Å². The summed E-state index contributed by atoms with van der Waals surface area (Å²) in [6.07, 6.45) is 3.94. The lowest BCUT2D eigenvalue weighted by molar-refractivity contribution is -0.122. The van der Waals surface area contributed by atoms with Gasteiger partial charge in [-0.05, 0) is 35.9 Å². The lowest BCUT2D eigenvalue weighted by Gasteiger charge is -2.36. The van der Waals surface area contributed by atoms with Crippen LogP contribution in [0.3, 0.4) is 0 Å². The Kier molecular flexibility index (Phi) is 4.62. The molecule has 0 radical (unpaired) electrons. The molecule has 3 aromatic rings. The van der Waals surface area contributed by atoms with Gasteiger partial charge in [0.15, 0.2) is 5.78 Å². The maximum absolute atomic E-state index is 13.9. The summed E-state index contributed by atoms with van der Waals surface area (Å²) >= 11 is 0. The summed E-state index contributed by atoms with van der Waals surface area (Å²) in [6.45, 7) is 0. The maximum Gasteiger partial charge on any atom is 0.240 e.